The highest BCUT2D eigenvalue weighted by Crippen LogP contribution is 2.25. The van der Waals surface area contributed by atoms with Gasteiger partial charge in [-0.25, -0.2) is 0 Å². The third-order valence-corrected chi connectivity index (χ3v) is 4.12. The van der Waals surface area contributed by atoms with Gasteiger partial charge >= 0.3 is 5.97 Å². The number of nitrogens with one attached hydrogen (secondary N) is 1. The summed E-state index contributed by atoms with van der Waals surface area (Å²) in [5.74, 6) is 0.0550. The topological polar surface area (TPSA) is 51.2 Å². The first kappa shape index (κ1) is 13.5. The molecule has 100 valence electrons. The molecule has 18 heavy (non-hydrogen) atoms. The molecule has 2 unspecified atom stereocenters. The van der Waals surface area contributed by atoms with E-state index in [0.717, 1.165) is 32.2 Å². The van der Waals surface area contributed by atoms with Crippen LogP contribution in [0, 0.1) is 5.92 Å². The largest absolute Gasteiger partial charge is 0.466 e. The summed E-state index contributed by atoms with van der Waals surface area (Å²) in [6.45, 7) is 3.19. The SMILES string of the molecule is CCOC(=O)C1CCCC(NCc2cncs2)C1. The van der Waals surface area contributed by atoms with Crippen LogP contribution in [0.1, 0.15) is 37.5 Å². The summed E-state index contributed by atoms with van der Waals surface area (Å²) >= 11 is 1.66. The smallest absolute Gasteiger partial charge is 0.308 e. The number of rotatable bonds is 5. The number of esters is 1. The van der Waals surface area contributed by atoms with Crippen LogP contribution in [0.4, 0.5) is 0 Å². The lowest BCUT2D eigenvalue weighted by atomic mass is 9.86. The minimum absolute atomic E-state index is 0.0261. The first-order chi connectivity index (χ1) is 8.79. The van der Waals surface area contributed by atoms with Gasteiger partial charge in [-0.15, -0.1) is 11.3 Å². The minimum Gasteiger partial charge on any atom is -0.466 e. The molecule has 1 fully saturated rings. The zero-order chi connectivity index (χ0) is 12.8. The van der Waals surface area contributed by atoms with Crippen LogP contribution in [-0.4, -0.2) is 23.6 Å². The molecule has 1 heterocycles. The van der Waals surface area contributed by atoms with Gasteiger partial charge in [-0.1, -0.05) is 6.42 Å². The summed E-state index contributed by atoms with van der Waals surface area (Å²) in [5.41, 5.74) is 1.85. The molecule has 0 aliphatic heterocycles. The number of hydrogen-bond donors (Lipinski definition) is 1. The van der Waals surface area contributed by atoms with Gasteiger partial charge in [0.1, 0.15) is 0 Å². The van der Waals surface area contributed by atoms with Crippen LogP contribution in [0.25, 0.3) is 0 Å². The molecule has 0 bridgehead atoms. The van der Waals surface area contributed by atoms with E-state index < -0.39 is 0 Å². The van der Waals surface area contributed by atoms with Crippen molar-refractivity contribution in [1.29, 1.82) is 0 Å². The number of thiazole rings is 1. The Morgan fingerprint density at radius 2 is 2.50 bits per heavy atom. The van der Waals surface area contributed by atoms with Crippen LogP contribution >= 0.6 is 11.3 Å². The molecule has 1 aromatic rings. The second-order valence-electron chi connectivity index (χ2n) is 4.66. The lowest BCUT2D eigenvalue weighted by molar-refractivity contribution is -0.149. The third kappa shape index (κ3) is 3.78. The molecular weight excluding hydrogens is 248 g/mol. The fourth-order valence-electron chi connectivity index (χ4n) is 2.42. The molecule has 1 aliphatic carbocycles. The number of hydrogen-bond acceptors (Lipinski definition) is 5. The first-order valence-electron chi connectivity index (χ1n) is 6.57. The Labute approximate surface area is 112 Å². The summed E-state index contributed by atoms with van der Waals surface area (Å²) in [6.07, 6.45) is 6.01. The van der Waals surface area contributed by atoms with Gasteiger partial charge in [0, 0.05) is 23.7 Å². The molecule has 1 aliphatic rings. The van der Waals surface area contributed by atoms with E-state index in [4.69, 9.17) is 4.74 Å². The van der Waals surface area contributed by atoms with Crippen LogP contribution < -0.4 is 5.32 Å². The van der Waals surface area contributed by atoms with Gasteiger partial charge in [0.25, 0.3) is 0 Å². The third-order valence-electron chi connectivity index (χ3n) is 3.34. The van der Waals surface area contributed by atoms with Crippen molar-refractivity contribution in [2.45, 2.75) is 45.2 Å². The van der Waals surface area contributed by atoms with Crippen molar-refractivity contribution >= 4 is 17.3 Å². The van der Waals surface area contributed by atoms with Crippen molar-refractivity contribution in [3.8, 4) is 0 Å². The van der Waals surface area contributed by atoms with Crippen molar-refractivity contribution in [2.24, 2.45) is 5.92 Å². The normalized spacial score (nSPS) is 23.8. The van der Waals surface area contributed by atoms with Crippen LogP contribution in [0.3, 0.4) is 0 Å². The fourth-order valence-corrected chi connectivity index (χ4v) is 2.97. The second-order valence-corrected chi connectivity index (χ2v) is 5.63. The van der Waals surface area contributed by atoms with E-state index in [-0.39, 0.29) is 11.9 Å². The maximum Gasteiger partial charge on any atom is 0.308 e. The molecule has 1 N–H and O–H groups in total. The zero-order valence-corrected chi connectivity index (χ0v) is 11.5. The van der Waals surface area contributed by atoms with Crippen molar-refractivity contribution in [2.75, 3.05) is 6.61 Å². The maximum absolute atomic E-state index is 11.7. The minimum atomic E-state index is -0.0261. The maximum atomic E-state index is 11.7. The average molecular weight is 268 g/mol. The Hall–Kier alpha value is -0.940. The Balaban J connectivity index is 1.77. The number of carbonyl (C=O) groups excluding carboxylic acids is 1. The molecule has 2 rings (SSSR count). The highest BCUT2D eigenvalue weighted by atomic mass is 32.1. The number of ether oxygens (including phenoxy) is 1. The number of nitrogens with zero attached hydrogens (tertiary/aromatic N) is 1. The standard InChI is InChI=1S/C13H20N2O2S/c1-2-17-13(16)10-4-3-5-11(6-10)15-8-12-7-14-9-18-12/h7,9-11,15H,2-6,8H2,1H3. The van der Waals surface area contributed by atoms with Crippen molar-refractivity contribution in [3.63, 3.8) is 0 Å². The summed E-state index contributed by atoms with van der Waals surface area (Å²) in [7, 11) is 0. The molecule has 1 saturated carbocycles. The van der Waals surface area contributed by atoms with Gasteiger partial charge in [-0.3, -0.25) is 9.78 Å². The van der Waals surface area contributed by atoms with Crippen molar-refractivity contribution in [3.05, 3.63) is 16.6 Å². The summed E-state index contributed by atoms with van der Waals surface area (Å²) in [6, 6.07) is 0.426. The van der Waals surface area contributed by atoms with E-state index in [9.17, 15) is 4.79 Å². The lowest BCUT2D eigenvalue weighted by Gasteiger charge is -2.28. The van der Waals surface area contributed by atoms with Gasteiger partial charge in [-0.05, 0) is 26.2 Å². The van der Waals surface area contributed by atoms with Crippen LogP contribution in [-0.2, 0) is 16.1 Å². The quantitative estimate of drug-likeness (QED) is 0.833. The Kier molecular flexibility index (Phi) is 5.13. The molecule has 0 saturated heterocycles. The monoisotopic (exact) mass is 268 g/mol. The van der Waals surface area contributed by atoms with E-state index in [1.807, 2.05) is 18.6 Å². The number of carbonyl (C=O) groups is 1. The van der Waals surface area contributed by atoms with E-state index >= 15 is 0 Å². The second kappa shape index (κ2) is 6.85. The summed E-state index contributed by atoms with van der Waals surface area (Å²) < 4.78 is 5.11. The summed E-state index contributed by atoms with van der Waals surface area (Å²) in [4.78, 5) is 17.0. The van der Waals surface area contributed by atoms with Gasteiger partial charge < -0.3 is 10.1 Å². The molecule has 0 aromatic carbocycles. The van der Waals surface area contributed by atoms with Crippen molar-refractivity contribution in [1.82, 2.24) is 10.3 Å². The highest BCUT2D eigenvalue weighted by Gasteiger charge is 2.27. The molecule has 0 radical (unpaired) electrons. The van der Waals surface area contributed by atoms with E-state index in [1.165, 1.54) is 4.88 Å². The van der Waals surface area contributed by atoms with E-state index in [2.05, 4.69) is 10.3 Å². The van der Waals surface area contributed by atoms with Crippen LogP contribution in [0.5, 0.6) is 0 Å². The Morgan fingerprint density at radius 3 is 3.22 bits per heavy atom. The van der Waals surface area contributed by atoms with Crippen LogP contribution in [0.2, 0.25) is 0 Å². The van der Waals surface area contributed by atoms with Gasteiger partial charge in [0.05, 0.1) is 18.0 Å². The molecule has 1 aromatic heterocycles. The lowest BCUT2D eigenvalue weighted by Crippen LogP contribution is -2.36. The van der Waals surface area contributed by atoms with Crippen molar-refractivity contribution < 1.29 is 9.53 Å². The highest BCUT2D eigenvalue weighted by molar-refractivity contribution is 7.09. The van der Waals surface area contributed by atoms with E-state index in [0.29, 0.717) is 12.6 Å². The molecule has 0 amide bonds. The van der Waals surface area contributed by atoms with Gasteiger partial charge in [-0.2, -0.15) is 0 Å². The predicted molar refractivity (Wildman–Crippen MR) is 71.3 cm³/mol. The Bertz CT molecular complexity index is 367. The average Bonchev–Trinajstić information content (AvgIpc) is 2.90. The summed E-state index contributed by atoms with van der Waals surface area (Å²) in [5, 5.41) is 3.51. The molecule has 0 spiro atoms. The van der Waals surface area contributed by atoms with Gasteiger partial charge in [0.2, 0.25) is 0 Å². The van der Waals surface area contributed by atoms with Crippen LogP contribution in [0.15, 0.2) is 11.7 Å². The zero-order valence-electron chi connectivity index (χ0n) is 10.7. The molecule has 5 heteroatoms. The Morgan fingerprint density at radius 1 is 1.61 bits per heavy atom. The molecule has 2 atom stereocenters. The fraction of sp³-hybridized carbons (Fsp3) is 0.692. The molecule has 4 nitrogen and oxygen atoms in total. The molecular formula is C13H20N2O2S. The predicted octanol–water partition coefficient (Wildman–Crippen LogP) is 2.35. The van der Waals surface area contributed by atoms with Gasteiger partial charge in [0.15, 0.2) is 0 Å². The number of aromatic nitrogens is 1. The van der Waals surface area contributed by atoms with E-state index in [1.54, 1.807) is 11.3 Å². The first-order valence-corrected chi connectivity index (χ1v) is 7.45.